The Morgan fingerprint density at radius 1 is 1.46 bits per heavy atom. The average Bonchev–Trinajstić information content (AvgIpc) is 3.25. The number of furan rings is 1. The van der Waals surface area contributed by atoms with E-state index < -0.39 is 0 Å². The Kier molecular flexibility index (Phi) is 6.24. The molecule has 0 bridgehead atoms. The number of benzene rings is 1. The van der Waals surface area contributed by atoms with E-state index in [1.807, 2.05) is 31.2 Å². The van der Waals surface area contributed by atoms with Gasteiger partial charge in [-0.15, -0.1) is 0 Å². The third-order valence-corrected chi connectivity index (χ3v) is 5.19. The van der Waals surface area contributed by atoms with Gasteiger partial charge in [0.2, 0.25) is 5.91 Å². The molecule has 3 rings (SSSR count). The van der Waals surface area contributed by atoms with Crippen LogP contribution in [0.15, 0.2) is 46.2 Å². The van der Waals surface area contributed by atoms with Gasteiger partial charge >= 0.3 is 0 Å². The Morgan fingerprint density at radius 3 is 3.04 bits per heavy atom. The molecule has 6 nitrogen and oxygen atoms in total. The van der Waals surface area contributed by atoms with Gasteiger partial charge in [0.1, 0.15) is 5.76 Å². The van der Waals surface area contributed by atoms with Crippen molar-refractivity contribution in [2.24, 2.45) is 0 Å². The zero-order valence-corrected chi connectivity index (χ0v) is 16.1. The topological polar surface area (TPSA) is 69.3 Å². The van der Waals surface area contributed by atoms with E-state index in [-0.39, 0.29) is 11.2 Å². The second-order valence-corrected chi connectivity index (χ2v) is 7.47. The van der Waals surface area contributed by atoms with E-state index in [0.29, 0.717) is 24.7 Å². The molecule has 2 aromatic heterocycles. The summed E-state index contributed by atoms with van der Waals surface area (Å²) in [6.45, 7) is 3.43. The van der Waals surface area contributed by atoms with Crippen LogP contribution in [-0.4, -0.2) is 34.4 Å². The van der Waals surface area contributed by atoms with Gasteiger partial charge in [-0.2, -0.15) is 0 Å². The summed E-state index contributed by atoms with van der Waals surface area (Å²) in [5.41, 5.74) is 1.77. The Bertz CT molecular complexity index is 879. The van der Waals surface area contributed by atoms with Gasteiger partial charge in [0.25, 0.3) is 0 Å². The maximum Gasteiger partial charge on any atom is 0.233 e. The molecule has 1 aromatic carbocycles. The maximum atomic E-state index is 12.4. The summed E-state index contributed by atoms with van der Waals surface area (Å²) in [4.78, 5) is 17.0. The number of carbonyl (C=O) groups excluding carboxylic acids is 1. The molecule has 0 radical (unpaired) electrons. The van der Waals surface area contributed by atoms with E-state index in [1.165, 1.54) is 11.8 Å². The minimum absolute atomic E-state index is 0.0743. The number of methoxy groups -OCH3 is 1. The van der Waals surface area contributed by atoms with Crippen LogP contribution in [0.5, 0.6) is 0 Å². The van der Waals surface area contributed by atoms with Crippen molar-refractivity contribution in [3.63, 3.8) is 0 Å². The minimum atomic E-state index is -0.307. The molecule has 3 aromatic rings. The third kappa shape index (κ3) is 4.41. The molecule has 0 fully saturated rings. The van der Waals surface area contributed by atoms with Crippen LogP contribution in [0.1, 0.15) is 12.7 Å². The van der Waals surface area contributed by atoms with Crippen molar-refractivity contribution < 1.29 is 13.9 Å². The van der Waals surface area contributed by atoms with Crippen molar-refractivity contribution >= 4 is 40.3 Å². The van der Waals surface area contributed by atoms with E-state index in [0.717, 1.165) is 22.0 Å². The number of rotatable bonds is 8. The summed E-state index contributed by atoms with van der Waals surface area (Å²) in [6.07, 6.45) is 1.59. The molecular formula is C18H20ClN3O3S. The molecule has 1 atom stereocenters. The number of amides is 1. The molecule has 26 heavy (non-hydrogen) atoms. The molecule has 0 aliphatic carbocycles. The van der Waals surface area contributed by atoms with Crippen molar-refractivity contribution in [3.8, 4) is 0 Å². The molecule has 0 saturated heterocycles. The Labute approximate surface area is 160 Å². The highest BCUT2D eigenvalue weighted by Crippen LogP contribution is 2.29. The molecule has 0 saturated carbocycles. The van der Waals surface area contributed by atoms with E-state index in [9.17, 15) is 4.79 Å². The molecule has 1 unspecified atom stereocenters. The van der Waals surface area contributed by atoms with Crippen molar-refractivity contribution in [3.05, 3.63) is 47.4 Å². The number of nitrogens with zero attached hydrogens (tertiary/aromatic N) is 2. The molecule has 0 aliphatic heterocycles. The number of ether oxygens (including phenoxy) is 1. The Balaban J connectivity index is 1.74. The second-order valence-electron chi connectivity index (χ2n) is 5.73. The number of imidazole rings is 1. The fraction of sp³-hybridized carbons (Fsp3) is 0.333. The molecule has 1 amide bonds. The van der Waals surface area contributed by atoms with Crippen LogP contribution in [0.25, 0.3) is 11.0 Å². The van der Waals surface area contributed by atoms with Crippen molar-refractivity contribution in [2.45, 2.75) is 30.4 Å². The maximum absolute atomic E-state index is 12.4. The molecule has 1 N–H and O–H groups in total. The highest BCUT2D eigenvalue weighted by atomic mass is 35.5. The van der Waals surface area contributed by atoms with Gasteiger partial charge in [0.05, 0.1) is 35.7 Å². The molecule has 138 valence electrons. The Morgan fingerprint density at radius 2 is 2.31 bits per heavy atom. The lowest BCUT2D eigenvalue weighted by molar-refractivity contribution is -0.120. The third-order valence-electron chi connectivity index (χ3n) is 3.86. The van der Waals surface area contributed by atoms with Crippen molar-refractivity contribution in [1.29, 1.82) is 0 Å². The lowest BCUT2D eigenvalue weighted by Crippen LogP contribution is -2.30. The number of nitrogens with one attached hydrogen (secondary N) is 1. The standard InChI is InChI=1S/C18H20ClN3O3S/c1-12(17(23)20-11-14-4-3-8-25-14)26-18-21-15-10-13(19)5-6-16(15)22(18)7-9-24-2/h3-6,8,10,12H,7,9,11H2,1-2H3,(H,20,23). The average molecular weight is 394 g/mol. The quantitative estimate of drug-likeness (QED) is 0.590. The summed E-state index contributed by atoms with van der Waals surface area (Å²) in [5, 5.41) is 3.97. The number of carbonyl (C=O) groups is 1. The minimum Gasteiger partial charge on any atom is -0.467 e. The predicted molar refractivity (Wildman–Crippen MR) is 102 cm³/mol. The number of hydrogen-bond acceptors (Lipinski definition) is 5. The monoisotopic (exact) mass is 393 g/mol. The summed E-state index contributed by atoms with van der Waals surface area (Å²) in [6, 6.07) is 9.22. The highest BCUT2D eigenvalue weighted by molar-refractivity contribution is 8.00. The zero-order valence-electron chi connectivity index (χ0n) is 14.6. The SMILES string of the molecule is COCCn1c(SC(C)C(=O)NCc2ccco2)nc2cc(Cl)ccc21. The number of thioether (sulfide) groups is 1. The lowest BCUT2D eigenvalue weighted by Gasteiger charge is -2.13. The molecule has 8 heteroatoms. The predicted octanol–water partition coefficient (Wildman–Crippen LogP) is 3.73. The van der Waals surface area contributed by atoms with Gasteiger partial charge in [-0.3, -0.25) is 4.79 Å². The number of aromatic nitrogens is 2. The van der Waals surface area contributed by atoms with Crippen molar-refractivity contribution in [2.75, 3.05) is 13.7 Å². The van der Waals surface area contributed by atoms with Gasteiger partial charge in [0.15, 0.2) is 5.16 Å². The highest BCUT2D eigenvalue weighted by Gasteiger charge is 2.19. The van der Waals surface area contributed by atoms with Gasteiger partial charge in [-0.25, -0.2) is 4.98 Å². The van der Waals surface area contributed by atoms with Crippen LogP contribution < -0.4 is 5.32 Å². The van der Waals surface area contributed by atoms with Crippen LogP contribution in [0.3, 0.4) is 0 Å². The molecule has 2 heterocycles. The van der Waals surface area contributed by atoms with Gasteiger partial charge < -0.3 is 19.0 Å². The van der Waals surface area contributed by atoms with E-state index in [4.69, 9.17) is 20.8 Å². The first-order valence-electron chi connectivity index (χ1n) is 8.20. The smallest absolute Gasteiger partial charge is 0.233 e. The molecule has 0 aliphatic rings. The number of hydrogen-bond donors (Lipinski definition) is 1. The van der Waals surface area contributed by atoms with Crippen LogP contribution in [0.2, 0.25) is 5.02 Å². The summed E-state index contributed by atoms with van der Waals surface area (Å²) in [5.74, 6) is 0.646. The van der Waals surface area contributed by atoms with Crippen LogP contribution in [-0.2, 0) is 22.6 Å². The van der Waals surface area contributed by atoms with Crippen LogP contribution in [0.4, 0.5) is 0 Å². The van der Waals surface area contributed by atoms with Gasteiger partial charge in [0, 0.05) is 18.7 Å². The van der Waals surface area contributed by atoms with Crippen LogP contribution >= 0.6 is 23.4 Å². The fourth-order valence-corrected chi connectivity index (χ4v) is 3.65. The van der Waals surface area contributed by atoms with Crippen LogP contribution in [0, 0.1) is 0 Å². The first kappa shape index (κ1) is 18.8. The molecular weight excluding hydrogens is 374 g/mol. The first-order valence-corrected chi connectivity index (χ1v) is 9.45. The summed E-state index contributed by atoms with van der Waals surface area (Å²) >= 11 is 7.49. The number of fused-ring (bicyclic) bond motifs is 1. The normalized spacial score (nSPS) is 12.4. The van der Waals surface area contributed by atoms with E-state index >= 15 is 0 Å². The largest absolute Gasteiger partial charge is 0.467 e. The fourth-order valence-electron chi connectivity index (χ4n) is 2.51. The lowest BCUT2D eigenvalue weighted by atomic mass is 10.3. The summed E-state index contributed by atoms with van der Waals surface area (Å²) < 4.78 is 12.5. The van der Waals surface area contributed by atoms with E-state index in [2.05, 4.69) is 14.9 Å². The van der Waals surface area contributed by atoms with Crippen molar-refractivity contribution in [1.82, 2.24) is 14.9 Å². The van der Waals surface area contributed by atoms with Gasteiger partial charge in [-0.1, -0.05) is 23.4 Å². The van der Waals surface area contributed by atoms with Gasteiger partial charge in [-0.05, 0) is 37.3 Å². The second kappa shape index (κ2) is 8.62. The first-order chi connectivity index (χ1) is 12.6. The van der Waals surface area contributed by atoms with E-state index in [1.54, 1.807) is 19.4 Å². The number of halogens is 1. The summed E-state index contributed by atoms with van der Waals surface area (Å²) in [7, 11) is 1.66. The zero-order chi connectivity index (χ0) is 18.5. The Hall–Kier alpha value is -1.96. The molecule has 0 spiro atoms.